The maximum atomic E-state index is 5.74. The van der Waals surface area contributed by atoms with Gasteiger partial charge in [0.1, 0.15) is 0 Å². The van der Waals surface area contributed by atoms with Gasteiger partial charge in [0.05, 0.1) is 0 Å². The Morgan fingerprint density at radius 3 is 2.93 bits per heavy atom. The fraction of sp³-hybridized carbons (Fsp3) is 0.0909. The van der Waals surface area contributed by atoms with Crippen molar-refractivity contribution in [3.05, 3.63) is 40.7 Å². The van der Waals surface area contributed by atoms with Crippen LogP contribution in [0.4, 0.5) is 5.69 Å². The average molecular weight is 221 g/mol. The minimum atomic E-state index is 0.832. The van der Waals surface area contributed by atoms with E-state index in [1.54, 1.807) is 23.5 Å². The molecule has 0 aromatic heterocycles. The van der Waals surface area contributed by atoms with Crippen LogP contribution in [0.1, 0.15) is 6.92 Å². The second-order valence-electron chi connectivity index (χ2n) is 2.95. The summed E-state index contributed by atoms with van der Waals surface area (Å²) in [5, 5.41) is 2.17. The fourth-order valence-electron chi connectivity index (χ4n) is 1.21. The van der Waals surface area contributed by atoms with Gasteiger partial charge in [-0.3, -0.25) is 0 Å². The van der Waals surface area contributed by atoms with Gasteiger partial charge in [0.2, 0.25) is 0 Å². The van der Waals surface area contributed by atoms with Gasteiger partial charge in [-0.15, -0.1) is 0 Å². The molecule has 0 radical (unpaired) electrons. The SMILES string of the molecule is C/C=C\C1=CSc2ccc(N)cc2S1. The molecule has 1 aromatic rings. The normalized spacial score (nSPS) is 15.4. The van der Waals surface area contributed by atoms with Crippen LogP contribution in [-0.2, 0) is 0 Å². The van der Waals surface area contributed by atoms with Crippen molar-refractivity contribution in [1.82, 2.24) is 0 Å². The topological polar surface area (TPSA) is 26.0 Å². The quantitative estimate of drug-likeness (QED) is 0.729. The number of nitrogen functional groups attached to an aromatic ring is 1. The molecule has 2 rings (SSSR count). The highest BCUT2D eigenvalue weighted by molar-refractivity contribution is 8.09. The molecule has 0 saturated carbocycles. The van der Waals surface area contributed by atoms with E-state index in [-0.39, 0.29) is 0 Å². The van der Waals surface area contributed by atoms with E-state index in [4.69, 9.17) is 5.73 Å². The van der Waals surface area contributed by atoms with Crippen LogP contribution < -0.4 is 5.73 Å². The molecular formula is C11H11NS2. The lowest BCUT2D eigenvalue weighted by atomic mass is 10.3. The third-order valence-corrected chi connectivity index (χ3v) is 4.14. The maximum absolute atomic E-state index is 5.74. The monoisotopic (exact) mass is 221 g/mol. The first-order valence-electron chi connectivity index (χ1n) is 4.36. The number of allylic oxidation sites excluding steroid dienone is 2. The number of anilines is 1. The van der Waals surface area contributed by atoms with Gasteiger partial charge in [-0.2, -0.15) is 0 Å². The van der Waals surface area contributed by atoms with Crippen LogP contribution in [0.15, 0.2) is 50.5 Å². The predicted molar refractivity (Wildman–Crippen MR) is 65.5 cm³/mol. The van der Waals surface area contributed by atoms with Gasteiger partial charge >= 0.3 is 0 Å². The second-order valence-corrected chi connectivity index (χ2v) is 4.97. The first-order chi connectivity index (χ1) is 6.79. The third kappa shape index (κ3) is 1.99. The number of hydrogen-bond donors (Lipinski definition) is 1. The minimum Gasteiger partial charge on any atom is -0.399 e. The zero-order chi connectivity index (χ0) is 9.97. The van der Waals surface area contributed by atoms with Crippen molar-refractivity contribution in [2.75, 3.05) is 5.73 Å². The molecule has 0 saturated heterocycles. The highest BCUT2D eigenvalue weighted by Gasteiger charge is 2.10. The van der Waals surface area contributed by atoms with Gasteiger partial charge in [-0.05, 0) is 30.5 Å². The van der Waals surface area contributed by atoms with Gasteiger partial charge < -0.3 is 5.73 Å². The summed E-state index contributed by atoms with van der Waals surface area (Å²) in [5.41, 5.74) is 6.57. The molecule has 0 amide bonds. The summed E-state index contributed by atoms with van der Waals surface area (Å²) < 4.78 is 0. The van der Waals surface area contributed by atoms with E-state index in [2.05, 4.69) is 23.6 Å². The molecule has 1 aliphatic rings. The average Bonchev–Trinajstić information content (AvgIpc) is 2.17. The molecule has 1 aliphatic heterocycles. The second kappa shape index (κ2) is 4.15. The maximum Gasteiger partial charge on any atom is 0.0326 e. The van der Waals surface area contributed by atoms with E-state index in [9.17, 15) is 0 Å². The van der Waals surface area contributed by atoms with Crippen molar-refractivity contribution < 1.29 is 0 Å². The molecule has 0 unspecified atom stereocenters. The summed E-state index contributed by atoms with van der Waals surface area (Å²) in [7, 11) is 0. The van der Waals surface area contributed by atoms with Gasteiger partial charge in [0.25, 0.3) is 0 Å². The molecule has 14 heavy (non-hydrogen) atoms. The number of benzene rings is 1. The summed E-state index contributed by atoms with van der Waals surface area (Å²) in [6.45, 7) is 2.03. The summed E-state index contributed by atoms with van der Waals surface area (Å²) in [6.07, 6.45) is 4.17. The van der Waals surface area contributed by atoms with Crippen molar-refractivity contribution in [3.63, 3.8) is 0 Å². The largest absolute Gasteiger partial charge is 0.399 e. The molecule has 3 heteroatoms. The highest BCUT2D eigenvalue weighted by Crippen LogP contribution is 2.43. The predicted octanol–water partition coefficient (Wildman–Crippen LogP) is 3.88. The van der Waals surface area contributed by atoms with Crippen molar-refractivity contribution in [1.29, 1.82) is 0 Å². The molecule has 1 aromatic carbocycles. The lowest BCUT2D eigenvalue weighted by Gasteiger charge is -2.13. The summed E-state index contributed by atoms with van der Waals surface area (Å²) >= 11 is 3.52. The molecular weight excluding hydrogens is 210 g/mol. The van der Waals surface area contributed by atoms with Crippen molar-refractivity contribution in [3.8, 4) is 0 Å². The van der Waals surface area contributed by atoms with Crippen molar-refractivity contribution in [2.24, 2.45) is 0 Å². The van der Waals surface area contributed by atoms with E-state index < -0.39 is 0 Å². The minimum absolute atomic E-state index is 0.832. The summed E-state index contributed by atoms with van der Waals surface area (Å²) in [5.74, 6) is 0. The van der Waals surface area contributed by atoms with Gasteiger partial charge in [0.15, 0.2) is 0 Å². The van der Waals surface area contributed by atoms with Gasteiger partial charge in [-0.1, -0.05) is 35.7 Å². The lowest BCUT2D eigenvalue weighted by Crippen LogP contribution is -1.88. The Labute approximate surface area is 92.5 Å². The smallest absolute Gasteiger partial charge is 0.0326 e. The third-order valence-electron chi connectivity index (χ3n) is 1.83. The number of hydrogen-bond acceptors (Lipinski definition) is 3. The van der Waals surface area contributed by atoms with Gasteiger partial charge in [0, 0.05) is 20.4 Å². The molecule has 0 aliphatic carbocycles. The van der Waals surface area contributed by atoms with Crippen LogP contribution in [0.3, 0.4) is 0 Å². The van der Waals surface area contributed by atoms with Crippen molar-refractivity contribution >= 4 is 29.2 Å². The number of nitrogens with two attached hydrogens (primary N) is 1. The molecule has 72 valence electrons. The van der Waals surface area contributed by atoms with E-state index in [0.29, 0.717) is 0 Å². The highest BCUT2D eigenvalue weighted by atomic mass is 32.2. The van der Waals surface area contributed by atoms with Crippen molar-refractivity contribution in [2.45, 2.75) is 16.7 Å². The van der Waals surface area contributed by atoms with Crippen LogP contribution in [0, 0.1) is 0 Å². The van der Waals surface area contributed by atoms with Crippen LogP contribution in [0.25, 0.3) is 0 Å². The Balaban J connectivity index is 2.31. The molecule has 0 fully saturated rings. The first-order valence-corrected chi connectivity index (χ1v) is 6.06. The van der Waals surface area contributed by atoms with Crippen LogP contribution in [0.5, 0.6) is 0 Å². The Hall–Kier alpha value is -0.800. The van der Waals surface area contributed by atoms with Crippen LogP contribution >= 0.6 is 23.5 Å². The number of rotatable bonds is 1. The van der Waals surface area contributed by atoms with Gasteiger partial charge in [-0.25, -0.2) is 0 Å². The lowest BCUT2D eigenvalue weighted by molar-refractivity contribution is 1.26. The summed E-state index contributed by atoms with van der Waals surface area (Å²) in [6, 6.07) is 6.05. The molecule has 2 N–H and O–H groups in total. The molecule has 0 bridgehead atoms. The van der Waals surface area contributed by atoms with E-state index >= 15 is 0 Å². The molecule has 0 spiro atoms. The zero-order valence-electron chi connectivity index (χ0n) is 7.86. The molecule has 1 heterocycles. The standard InChI is InChI=1S/C11H11NS2/c1-2-3-9-7-13-10-5-4-8(12)6-11(10)14-9/h2-7H,12H2,1H3/b3-2-. The van der Waals surface area contributed by atoms with E-state index in [0.717, 1.165) is 5.69 Å². The van der Waals surface area contributed by atoms with E-state index in [1.807, 2.05) is 19.1 Å². The number of thioether (sulfide) groups is 2. The molecule has 1 nitrogen and oxygen atoms in total. The first kappa shape index (κ1) is 9.74. The Kier molecular flexibility index (Phi) is 2.89. The Bertz CT molecular complexity index is 408. The Morgan fingerprint density at radius 2 is 2.14 bits per heavy atom. The summed E-state index contributed by atoms with van der Waals surface area (Å²) in [4.78, 5) is 3.82. The van der Waals surface area contributed by atoms with E-state index in [1.165, 1.54) is 14.7 Å². The van der Waals surface area contributed by atoms with Crippen LogP contribution in [-0.4, -0.2) is 0 Å². The van der Waals surface area contributed by atoms with Crippen LogP contribution in [0.2, 0.25) is 0 Å². The zero-order valence-corrected chi connectivity index (χ0v) is 9.49. The fourth-order valence-corrected chi connectivity index (χ4v) is 3.28. The molecule has 0 atom stereocenters. The Morgan fingerprint density at radius 1 is 1.29 bits per heavy atom. The number of fused-ring (bicyclic) bond motifs is 1.